The Hall–Kier alpha value is -6.94. The molecule has 5 N–H and O–H groups in total. The first-order valence-corrected chi connectivity index (χ1v) is 22.0. The minimum Gasteiger partial charge on any atom is -0.497 e. The third-order valence-corrected chi connectivity index (χ3v) is 12.4. The third-order valence-electron chi connectivity index (χ3n) is 12.4. The maximum Gasteiger partial charge on any atom is 0.352 e. The van der Waals surface area contributed by atoms with E-state index in [4.69, 9.17) is 32.9 Å². The summed E-state index contributed by atoms with van der Waals surface area (Å²) >= 11 is 0. The van der Waals surface area contributed by atoms with Crippen molar-refractivity contribution in [1.82, 2.24) is 25.1 Å². The van der Waals surface area contributed by atoms with Crippen LogP contribution >= 0.6 is 0 Å². The zero-order valence-electron chi connectivity index (χ0n) is 36.4. The predicted octanol–water partition coefficient (Wildman–Crippen LogP) is 8.35. The number of hydrogen-bond acceptors (Lipinski definition) is 11. The van der Waals surface area contributed by atoms with Crippen molar-refractivity contribution in [1.29, 1.82) is 0 Å². The molecular weight excluding hydrogens is 831 g/mol. The number of rotatable bonds is 14. The number of piperidine rings is 2. The molecule has 2 fully saturated rings. The molecule has 15 nitrogen and oxygen atoms in total. The van der Waals surface area contributed by atoms with E-state index in [9.17, 15) is 14.7 Å². The van der Waals surface area contributed by atoms with Crippen LogP contribution in [0, 0.1) is 0 Å². The van der Waals surface area contributed by atoms with Gasteiger partial charge in [-0.1, -0.05) is 18.2 Å². The number of carbonyl (C=O) groups is 2. The summed E-state index contributed by atoms with van der Waals surface area (Å²) in [6.45, 7) is 6.66. The first-order chi connectivity index (χ1) is 31.7. The lowest BCUT2D eigenvalue weighted by molar-refractivity contribution is 0.0691. The number of likely N-dealkylation sites (tertiary alicyclic amines) is 2. The number of carbonyl (C=O) groups excluding carboxylic acids is 1. The van der Waals surface area contributed by atoms with Crippen molar-refractivity contribution >= 4 is 55.6 Å². The van der Waals surface area contributed by atoms with Gasteiger partial charge < -0.3 is 63.1 Å². The lowest BCUT2D eigenvalue weighted by atomic mass is 10.0. The monoisotopic (exact) mass is 883 g/mol. The number of nitrogens with one attached hydrogen (secondary N) is 3. The summed E-state index contributed by atoms with van der Waals surface area (Å²) in [5.41, 5.74) is 5.54. The second-order valence-corrected chi connectivity index (χ2v) is 16.6. The second-order valence-electron chi connectivity index (χ2n) is 16.6. The van der Waals surface area contributed by atoms with Crippen LogP contribution in [0.5, 0.6) is 23.0 Å². The molecule has 338 valence electrons. The number of amides is 1. The number of aliphatic hydroxyl groups is 1. The van der Waals surface area contributed by atoms with Crippen LogP contribution in [0.3, 0.4) is 0 Å². The summed E-state index contributed by atoms with van der Waals surface area (Å²) in [6, 6.07) is 26.2. The Labute approximate surface area is 374 Å². The van der Waals surface area contributed by atoms with Gasteiger partial charge in [0.2, 0.25) is 0 Å². The molecule has 6 heterocycles. The van der Waals surface area contributed by atoms with Crippen LogP contribution in [0.4, 0.5) is 0 Å². The van der Waals surface area contributed by atoms with E-state index < -0.39 is 5.97 Å². The fourth-order valence-corrected chi connectivity index (χ4v) is 8.74. The molecule has 1 amide bonds. The van der Waals surface area contributed by atoms with E-state index in [-0.39, 0.29) is 30.4 Å². The average Bonchev–Trinajstić information content (AvgIpc) is 4.16. The Bertz CT molecular complexity index is 2910. The molecular formula is C50H53N5O10. The van der Waals surface area contributed by atoms with E-state index >= 15 is 0 Å². The summed E-state index contributed by atoms with van der Waals surface area (Å²) < 4.78 is 34.1. The molecule has 0 aliphatic carbocycles. The molecule has 4 aromatic heterocycles. The zero-order chi connectivity index (χ0) is 44.9. The molecule has 10 rings (SSSR count). The highest BCUT2D eigenvalue weighted by molar-refractivity contribution is 6.00. The number of methoxy groups -OCH3 is 2. The number of aromatic nitrogens is 2. The van der Waals surface area contributed by atoms with Crippen molar-refractivity contribution in [3.63, 3.8) is 0 Å². The molecule has 0 radical (unpaired) electrons. The lowest BCUT2D eigenvalue weighted by Crippen LogP contribution is -2.47. The molecule has 0 spiro atoms. The van der Waals surface area contributed by atoms with Gasteiger partial charge in [-0.15, -0.1) is 0 Å². The fraction of sp³-hybridized carbons (Fsp3) is 0.320. The van der Waals surface area contributed by atoms with Gasteiger partial charge in [-0.2, -0.15) is 0 Å². The number of benzene rings is 4. The van der Waals surface area contributed by atoms with Crippen molar-refractivity contribution in [2.45, 2.75) is 51.0 Å². The molecule has 0 atom stereocenters. The van der Waals surface area contributed by atoms with Crippen molar-refractivity contribution < 1.29 is 47.6 Å². The number of aliphatic hydroxyl groups excluding tert-OH is 1. The van der Waals surface area contributed by atoms with Gasteiger partial charge in [0.1, 0.15) is 58.8 Å². The van der Waals surface area contributed by atoms with E-state index in [1.165, 1.54) is 0 Å². The highest BCUT2D eigenvalue weighted by atomic mass is 16.5. The van der Waals surface area contributed by atoms with Crippen LogP contribution in [-0.4, -0.2) is 107 Å². The molecule has 8 aromatic rings. The Morgan fingerprint density at radius 1 is 0.677 bits per heavy atom. The van der Waals surface area contributed by atoms with Gasteiger partial charge in [0, 0.05) is 83.6 Å². The molecule has 65 heavy (non-hydrogen) atoms. The van der Waals surface area contributed by atoms with E-state index in [2.05, 4.69) is 25.1 Å². The van der Waals surface area contributed by atoms with Crippen LogP contribution in [0.15, 0.2) is 106 Å². The molecule has 2 aliphatic heterocycles. The summed E-state index contributed by atoms with van der Waals surface area (Å²) in [7, 11) is 3.26. The molecule has 15 heteroatoms. The standard InChI is InChI=1S/C31H38N4O5.C19H15NO5/c1-38-24-5-6-30-25(17-24)21(20-40-30)19-39-29-4-2-3-27-26(29)18-28(33-27)31(37)32-22-7-11-34(12-8-22)15-16-35-13-9-23(36)10-14-35;1-23-16-6-3-7-17-18(16)11(10-25-17)9-24-15-5-2-4-13-12(15)8-14(20-13)19(21)22/h2-6,17-18,20,22-23,33,36H,7-16,19H2,1H3,(H,32,37);2-8,10,20H,9H2,1H3,(H,21,22). The van der Waals surface area contributed by atoms with Crippen molar-refractivity contribution in [2.24, 2.45) is 0 Å². The molecule has 4 aromatic carbocycles. The maximum atomic E-state index is 13.1. The molecule has 2 saturated heterocycles. The first-order valence-electron chi connectivity index (χ1n) is 22.0. The average molecular weight is 884 g/mol. The van der Waals surface area contributed by atoms with Crippen molar-refractivity contribution in [3.05, 3.63) is 120 Å². The Morgan fingerprint density at radius 3 is 1.92 bits per heavy atom. The van der Waals surface area contributed by atoms with Gasteiger partial charge >= 0.3 is 5.97 Å². The Balaban J connectivity index is 0.000000182. The summed E-state index contributed by atoms with van der Waals surface area (Å²) in [5, 5.41) is 25.5. The number of ether oxygens (including phenoxy) is 4. The minimum atomic E-state index is -1.01. The SMILES string of the molecule is COc1ccc2occ(COc3cccc4[nH]c(C(=O)NC5CCN(CCN6CCC(O)CC6)CC5)cc34)c2c1.COc1cccc2occ(COc3cccc4[nH]c(C(=O)O)cc34)c12. The van der Waals surface area contributed by atoms with Gasteiger partial charge in [-0.25, -0.2) is 4.79 Å². The minimum absolute atomic E-state index is 0.0830. The fourth-order valence-electron chi connectivity index (χ4n) is 8.74. The summed E-state index contributed by atoms with van der Waals surface area (Å²) in [4.78, 5) is 35.3. The molecule has 0 unspecified atom stereocenters. The summed E-state index contributed by atoms with van der Waals surface area (Å²) in [6.07, 6.45) is 6.89. The first kappa shape index (κ1) is 43.3. The Morgan fingerprint density at radius 2 is 1.26 bits per heavy atom. The number of carboxylic acid groups (broad SMARTS) is 1. The largest absolute Gasteiger partial charge is 0.497 e. The zero-order valence-corrected chi connectivity index (χ0v) is 36.4. The van der Waals surface area contributed by atoms with Crippen molar-refractivity contribution in [3.8, 4) is 23.0 Å². The van der Waals surface area contributed by atoms with E-state index in [0.29, 0.717) is 29.3 Å². The van der Waals surface area contributed by atoms with Gasteiger partial charge in [-0.3, -0.25) is 4.79 Å². The van der Waals surface area contributed by atoms with Crippen LogP contribution in [0.1, 0.15) is 57.8 Å². The van der Waals surface area contributed by atoms with Gasteiger partial charge in [0.15, 0.2) is 0 Å². The number of H-pyrrole nitrogens is 2. The third kappa shape index (κ3) is 9.77. The quantitative estimate of drug-likeness (QED) is 0.0704. The highest BCUT2D eigenvalue weighted by Gasteiger charge is 2.24. The number of furan rings is 2. The topological polar surface area (TPSA) is 188 Å². The molecule has 2 aliphatic rings. The maximum absolute atomic E-state index is 13.1. The Kier molecular flexibility index (Phi) is 13.0. The predicted molar refractivity (Wildman–Crippen MR) is 246 cm³/mol. The number of fused-ring (bicyclic) bond motifs is 4. The van der Waals surface area contributed by atoms with Gasteiger partial charge in [0.25, 0.3) is 5.91 Å². The molecule has 0 bridgehead atoms. The number of aromatic carboxylic acids is 1. The van der Waals surface area contributed by atoms with E-state index in [0.717, 1.165) is 126 Å². The normalized spacial score (nSPS) is 15.3. The second kappa shape index (κ2) is 19.4. The van der Waals surface area contributed by atoms with Crippen LogP contribution in [0.25, 0.3) is 43.7 Å². The number of aromatic amines is 2. The van der Waals surface area contributed by atoms with E-state index in [1.54, 1.807) is 38.9 Å². The van der Waals surface area contributed by atoms with E-state index in [1.807, 2.05) is 72.8 Å². The van der Waals surface area contributed by atoms with Gasteiger partial charge in [-0.05, 0) is 92.4 Å². The lowest BCUT2D eigenvalue weighted by Gasteiger charge is -2.35. The number of nitrogens with zero attached hydrogens (tertiary/aromatic N) is 2. The van der Waals surface area contributed by atoms with Crippen LogP contribution in [-0.2, 0) is 13.2 Å². The van der Waals surface area contributed by atoms with Crippen molar-refractivity contribution in [2.75, 3.05) is 53.5 Å². The molecule has 0 saturated carbocycles. The van der Waals surface area contributed by atoms with Gasteiger partial charge in [0.05, 0.1) is 38.2 Å². The van der Waals surface area contributed by atoms with Crippen LogP contribution < -0.4 is 24.3 Å². The summed E-state index contributed by atoms with van der Waals surface area (Å²) in [5.74, 6) is 1.71. The number of hydrogen-bond donors (Lipinski definition) is 5. The number of carboxylic acids is 1. The highest BCUT2D eigenvalue weighted by Crippen LogP contribution is 2.34. The van der Waals surface area contributed by atoms with Crippen LogP contribution in [0.2, 0.25) is 0 Å². The smallest absolute Gasteiger partial charge is 0.352 e.